The number of nitrogens with one attached hydrogen (secondary N) is 1. The highest BCUT2D eigenvalue weighted by Crippen LogP contribution is 2.37. The summed E-state index contributed by atoms with van der Waals surface area (Å²) in [4.78, 5) is 3.56. The Balaban J connectivity index is 0.00000156. The molecule has 0 aliphatic heterocycles. The van der Waals surface area contributed by atoms with Crippen LogP contribution in [0, 0.1) is 6.92 Å². The molecule has 1 aromatic heterocycles. The first-order valence-corrected chi connectivity index (χ1v) is 7.54. The van der Waals surface area contributed by atoms with Crippen LogP contribution in [0.2, 0.25) is 0 Å². The van der Waals surface area contributed by atoms with Crippen LogP contribution in [0.25, 0.3) is 32.6 Å². The number of aryl methyl sites for hydroxylation is 1. The highest BCUT2D eigenvalue weighted by atomic mass is 127. The Morgan fingerprint density at radius 3 is 2.57 bits per heavy atom. The van der Waals surface area contributed by atoms with Gasteiger partial charge in [0.25, 0.3) is 0 Å². The lowest BCUT2D eigenvalue weighted by Gasteiger charge is -2.06. The van der Waals surface area contributed by atoms with E-state index in [2.05, 4.69) is 60.7 Å². The number of hydrogen-bond acceptors (Lipinski definition) is 1. The highest BCUT2D eigenvalue weighted by Gasteiger charge is 2.14. The zero-order chi connectivity index (χ0) is 15.3. The Labute approximate surface area is 152 Å². The Morgan fingerprint density at radius 2 is 1.83 bits per heavy atom. The summed E-state index contributed by atoms with van der Waals surface area (Å²) < 4.78 is 5.41. The molecule has 4 aromatic rings. The first kappa shape index (κ1) is 16.1. The molecule has 1 heterocycles. The molecule has 4 heteroatoms. The summed E-state index contributed by atoms with van der Waals surface area (Å²) in [5.41, 5.74) is 4.91. The summed E-state index contributed by atoms with van der Waals surface area (Å²) in [6.45, 7) is 2.17. The van der Waals surface area contributed by atoms with Gasteiger partial charge in [-0.05, 0) is 48.2 Å². The van der Waals surface area contributed by atoms with Crippen LogP contribution in [0.3, 0.4) is 0 Å². The van der Waals surface area contributed by atoms with E-state index in [1.165, 1.54) is 38.3 Å². The quantitative estimate of drug-likeness (QED) is 0.364. The van der Waals surface area contributed by atoms with E-state index in [0.29, 0.717) is 0 Å². The fourth-order valence-corrected chi connectivity index (χ4v) is 3.38. The van der Waals surface area contributed by atoms with Gasteiger partial charge in [-0.3, -0.25) is 0 Å². The monoisotopic (exact) mass is 418 g/mol. The molecular formula is C19H19IN2O. The van der Waals surface area contributed by atoms with Gasteiger partial charge in [0.05, 0.1) is 19.7 Å². The standard InChI is InChI=1S/C19H18N2O.HI/c1-11-9-14-13(5-4-6-16(14)20-2)18-15-10-12(22-3)7-8-17(15)21-19(11)18;/h4-10,20-21H,1-3H3;1H. The highest BCUT2D eigenvalue weighted by molar-refractivity contribution is 6.22. The molecule has 23 heavy (non-hydrogen) atoms. The van der Waals surface area contributed by atoms with Crippen molar-refractivity contribution in [3.8, 4) is 5.75 Å². The Bertz CT molecular complexity index is 1020. The van der Waals surface area contributed by atoms with Crippen LogP contribution in [-0.4, -0.2) is 19.1 Å². The van der Waals surface area contributed by atoms with E-state index >= 15 is 0 Å². The largest absolute Gasteiger partial charge is 1.00 e. The van der Waals surface area contributed by atoms with Crippen molar-refractivity contribution in [2.24, 2.45) is 0 Å². The minimum absolute atomic E-state index is 0. The molecular weight excluding hydrogens is 399 g/mol. The maximum absolute atomic E-state index is 5.41. The number of rotatable bonds is 2. The molecule has 0 unspecified atom stereocenters. The smallest absolute Gasteiger partial charge is 0.137 e. The van der Waals surface area contributed by atoms with E-state index in [-0.39, 0.29) is 24.0 Å². The van der Waals surface area contributed by atoms with Crippen molar-refractivity contribution < 1.29 is 34.0 Å². The molecule has 0 amide bonds. The maximum atomic E-state index is 5.41. The second kappa shape index (κ2) is 6.02. The van der Waals surface area contributed by atoms with Gasteiger partial charge in [-0.2, -0.15) is 0 Å². The first-order valence-electron chi connectivity index (χ1n) is 7.54. The number of aromatic nitrogens is 1. The van der Waals surface area contributed by atoms with Crippen molar-refractivity contribution in [3.63, 3.8) is 0 Å². The number of methoxy groups -OCH3 is 1. The summed E-state index contributed by atoms with van der Waals surface area (Å²) in [5, 5.41) is 7.27. The number of fused-ring (bicyclic) bond motifs is 5. The van der Waals surface area contributed by atoms with Gasteiger partial charge in [-0.15, -0.1) is 0 Å². The van der Waals surface area contributed by atoms with Crippen LogP contribution in [0.4, 0.5) is 5.69 Å². The molecule has 0 fully saturated rings. The molecule has 118 valence electrons. The van der Waals surface area contributed by atoms with Gasteiger partial charge < -0.3 is 39.0 Å². The van der Waals surface area contributed by atoms with Gasteiger partial charge in [-0.25, -0.2) is 0 Å². The molecule has 0 aliphatic carbocycles. The fraction of sp³-hybridized carbons (Fsp3) is 0.158. The number of aromatic amines is 1. The van der Waals surface area contributed by atoms with E-state index in [4.69, 9.17) is 4.74 Å². The van der Waals surface area contributed by atoms with E-state index in [1.54, 1.807) is 7.11 Å². The van der Waals surface area contributed by atoms with Gasteiger partial charge in [0.1, 0.15) is 11.4 Å². The topological polar surface area (TPSA) is 41.6 Å². The average Bonchev–Trinajstić information content (AvgIpc) is 2.94. The molecule has 0 saturated carbocycles. The third-order valence-electron chi connectivity index (χ3n) is 4.48. The number of hydrogen-bond donors (Lipinski definition) is 2. The SMILES string of the molecule is C[NH2+]c1cccc2c1cc(C)c1[nH]c3ccc(OC)cc3c12.[I-]. The molecule has 4 rings (SSSR count). The van der Waals surface area contributed by atoms with Crippen LogP contribution in [0.5, 0.6) is 5.75 Å². The summed E-state index contributed by atoms with van der Waals surface area (Å²) >= 11 is 0. The van der Waals surface area contributed by atoms with Crippen molar-refractivity contribution in [2.45, 2.75) is 6.92 Å². The lowest BCUT2D eigenvalue weighted by Crippen LogP contribution is -3.00. The Hall–Kier alpha value is -1.79. The maximum Gasteiger partial charge on any atom is 0.137 e. The molecule has 0 saturated heterocycles. The predicted molar refractivity (Wildman–Crippen MR) is 92.1 cm³/mol. The van der Waals surface area contributed by atoms with Crippen molar-refractivity contribution in [1.29, 1.82) is 0 Å². The summed E-state index contributed by atoms with van der Waals surface area (Å²) in [6, 6.07) is 15.0. The van der Waals surface area contributed by atoms with E-state index in [0.717, 1.165) is 11.3 Å². The number of benzene rings is 3. The fourth-order valence-electron chi connectivity index (χ4n) is 3.38. The molecule has 0 radical (unpaired) electrons. The lowest BCUT2D eigenvalue weighted by atomic mass is 9.99. The summed E-state index contributed by atoms with van der Waals surface area (Å²) in [7, 11) is 3.80. The molecule has 3 aromatic carbocycles. The molecule has 3 N–H and O–H groups in total. The number of H-pyrrole nitrogens is 1. The van der Waals surface area contributed by atoms with Crippen LogP contribution >= 0.6 is 0 Å². The predicted octanol–water partition coefficient (Wildman–Crippen LogP) is 0.620. The molecule has 0 bridgehead atoms. The molecule has 0 aliphatic rings. The van der Waals surface area contributed by atoms with Crippen LogP contribution < -0.4 is 34.0 Å². The third-order valence-corrected chi connectivity index (χ3v) is 4.48. The zero-order valence-corrected chi connectivity index (χ0v) is 15.6. The van der Waals surface area contributed by atoms with Crippen LogP contribution in [0.15, 0.2) is 42.5 Å². The van der Waals surface area contributed by atoms with Gasteiger partial charge >= 0.3 is 0 Å². The third kappa shape index (κ3) is 2.37. The summed E-state index contributed by atoms with van der Waals surface area (Å²) in [5.74, 6) is 0.890. The molecule has 0 atom stereocenters. The van der Waals surface area contributed by atoms with Gasteiger partial charge in [0, 0.05) is 21.7 Å². The Morgan fingerprint density at radius 1 is 1.00 bits per heavy atom. The number of halogens is 1. The van der Waals surface area contributed by atoms with E-state index < -0.39 is 0 Å². The number of quaternary nitrogens is 1. The average molecular weight is 418 g/mol. The lowest BCUT2D eigenvalue weighted by molar-refractivity contribution is -0.537. The van der Waals surface area contributed by atoms with Crippen molar-refractivity contribution in [2.75, 3.05) is 14.2 Å². The van der Waals surface area contributed by atoms with Crippen LogP contribution in [0.1, 0.15) is 5.56 Å². The summed E-state index contributed by atoms with van der Waals surface area (Å²) in [6.07, 6.45) is 0. The van der Waals surface area contributed by atoms with Gasteiger partial charge in [0.15, 0.2) is 0 Å². The molecule has 0 spiro atoms. The minimum atomic E-state index is 0. The Kier molecular flexibility index (Phi) is 4.21. The van der Waals surface area contributed by atoms with Crippen molar-refractivity contribution >= 4 is 38.3 Å². The minimum Gasteiger partial charge on any atom is -1.00 e. The van der Waals surface area contributed by atoms with Crippen molar-refractivity contribution in [1.82, 2.24) is 4.98 Å². The molecule has 3 nitrogen and oxygen atoms in total. The second-order valence-corrected chi connectivity index (χ2v) is 5.71. The van der Waals surface area contributed by atoms with Crippen molar-refractivity contribution in [3.05, 3.63) is 48.0 Å². The van der Waals surface area contributed by atoms with Crippen LogP contribution in [-0.2, 0) is 0 Å². The number of ether oxygens (including phenoxy) is 1. The first-order chi connectivity index (χ1) is 10.7. The van der Waals surface area contributed by atoms with Gasteiger partial charge in [0.2, 0.25) is 0 Å². The zero-order valence-electron chi connectivity index (χ0n) is 13.4. The second-order valence-electron chi connectivity index (χ2n) is 5.71. The van der Waals surface area contributed by atoms with E-state index in [1.807, 2.05) is 6.07 Å². The van der Waals surface area contributed by atoms with E-state index in [9.17, 15) is 0 Å². The normalized spacial score (nSPS) is 11.1. The number of nitrogens with two attached hydrogens (primary N) is 1. The van der Waals surface area contributed by atoms with Gasteiger partial charge in [-0.1, -0.05) is 12.1 Å².